The van der Waals surface area contributed by atoms with Crippen LogP contribution in [0.3, 0.4) is 0 Å². The molecule has 2 heterocycles. The van der Waals surface area contributed by atoms with E-state index in [1.807, 2.05) is 0 Å². The van der Waals surface area contributed by atoms with Crippen molar-refractivity contribution in [1.29, 1.82) is 0 Å². The smallest absolute Gasteiger partial charge is 0.416 e. The number of nitrogens with one attached hydrogen (secondary N) is 3. The molecule has 3 N–H and O–H groups in total. The van der Waals surface area contributed by atoms with E-state index in [1.165, 1.54) is 25.1 Å². The van der Waals surface area contributed by atoms with E-state index in [9.17, 15) is 44.7 Å². The summed E-state index contributed by atoms with van der Waals surface area (Å²) in [6, 6.07) is 3.97. The summed E-state index contributed by atoms with van der Waals surface area (Å²) in [6.45, 7) is 0.130. The Morgan fingerprint density at radius 1 is 1.05 bits per heavy atom. The highest BCUT2D eigenvalue weighted by Crippen LogP contribution is 2.38. The molecular formula is C27H27F8N5O3. The fourth-order valence-corrected chi connectivity index (χ4v) is 4.89. The summed E-state index contributed by atoms with van der Waals surface area (Å²) in [5.41, 5.74) is -1.03. The average Bonchev–Trinajstić information content (AvgIpc) is 3.30. The molecule has 2 aromatic heterocycles. The van der Waals surface area contributed by atoms with Crippen LogP contribution in [0, 0.1) is 5.92 Å². The number of pyridine rings is 1. The SMILES string of the molecule is CC(=O)NCc1ccc(C(F)(F)F)c(Cc2nc3nc(OCC(F)F)c(C(=O)NC4CCC(C(F)(F)F)CC4)cc3[nH]2)c1. The number of ether oxygens (including phenoxy) is 1. The lowest BCUT2D eigenvalue weighted by Gasteiger charge is -2.30. The zero-order valence-electron chi connectivity index (χ0n) is 22.6. The number of benzene rings is 1. The van der Waals surface area contributed by atoms with Gasteiger partial charge in [-0.25, -0.2) is 13.8 Å². The molecule has 1 aliphatic carbocycles. The van der Waals surface area contributed by atoms with Gasteiger partial charge in [0.15, 0.2) is 12.3 Å². The van der Waals surface area contributed by atoms with Gasteiger partial charge in [0, 0.05) is 25.9 Å². The lowest BCUT2D eigenvalue weighted by molar-refractivity contribution is -0.182. The standard InChI is InChI=1S/C27H27F8N5O3/c1-13(41)36-11-14-2-7-19(27(33,34)35)15(8-14)9-22-38-20-10-18(25(40-23(20)39-22)43-12-21(28)29)24(42)37-17-5-3-16(4-6-17)26(30,31)32/h2,7-8,10,16-17,21H,3-6,9,11-12H2,1H3,(H,36,41)(H,37,42)(H,38,39,40). The number of aromatic amines is 1. The van der Waals surface area contributed by atoms with Gasteiger partial charge < -0.3 is 20.4 Å². The predicted molar refractivity (Wildman–Crippen MR) is 136 cm³/mol. The summed E-state index contributed by atoms with van der Waals surface area (Å²) in [7, 11) is 0. The van der Waals surface area contributed by atoms with E-state index in [-0.39, 0.29) is 72.7 Å². The monoisotopic (exact) mass is 621 g/mol. The maximum atomic E-state index is 13.7. The van der Waals surface area contributed by atoms with Gasteiger partial charge in [0.2, 0.25) is 11.8 Å². The Hall–Kier alpha value is -3.98. The van der Waals surface area contributed by atoms with Crippen molar-refractivity contribution in [3.05, 3.63) is 52.3 Å². The van der Waals surface area contributed by atoms with E-state index < -0.39 is 54.7 Å². The highest BCUT2D eigenvalue weighted by molar-refractivity contribution is 5.99. The molecule has 0 saturated heterocycles. The molecule has 0 spiro atoms. The van der Waals surface area contributed by atoms with E-state index in [1.54, 1.807) is 0 Å². The molecule has 0 unspecified atom stereocenters. The van der Waals surface area contributed by atoms with Crippen molar-refractivity contribution >= 4 is 23.0 Å². The Balaban J connectivity index is 1.61. The fourth-order valence-electron chi connectivity index (χ4n) is 4.89. The number of rotatable bonds is 9. The second-order valence-corrected chi connectivity index (χ2v) is 10.2. The second kappa shape index (κ2) is 12.7. The summed E-state index contributed by atoms with van der Waals surface area (Å²) in [5, 5.41) is 5.10. The Labute approximate surface area is 239 Å². The number of fused-ring (bicyclic) bond motifs is 1. The van der Waals surface area contributed by atoms with Crippen LogP contribution in [0.2, 0.25) is 0 Å². The third-order valence-electron chi connectivity index (χ3n) is 6.98. The van der Waals surface area contributed by atoms with E-state index in [0.717, 1.165) is 6.07 Å². The molecule has 8 nitrogen and oxygen atoms in total. The number of H-pyrrole nitrogens is 1. The number of aromatic nitrogens is 3. The van der Waals surface area contributed by atoms with Gasteiger partial charge in [0.25, 0.3) is 12.3 Å². The molecule has 3 aromatic rings. The predicted octanol–water partition coefficient (Wildman–Crippen LogP) is 5.70. The molecule has 0 aliphatic heterocycles. The highest BCUT2D eigenvalue weighted by atomic mass is 19.4. The molecule has 0 atom stereocenters. The fraction of sp³-hybridized carbons (Fsp3) is 0.481. The number of carbonyl (C=O) groups is 2. The van der Waals surface area contributed by atoms with Crippen LogP contribution in [0.5, 0.6) is 5.88 Å². The lowest BCUT2D eigenvalue weighted by Crippen LogP contribution is -2.40. The highest BCUT2D eigenvalue weighted by Gasteiger charge is 2.41. The van der Waals surface area contributed by atoms with E-state index in [0.29, 0.717) is 5.56 Å². The first-order chi connectivity index (χ1) is 20.1. The summed E-state index contributed by atoms with van der Waals surface area (Å²) in [4.78, 5) is 35.3. The maximum Gasteiger partial charge on any atom is 0.416 e. The van der Waals surface area contributed by atoms with Gasteiger partial charge in [-0.1, -0.05) is 12.1 Å². The van der Waals surface area contributed by atoms with Gasteiger partial charge in [-0.15, -0.1) is 0 Å². The van der Waals surface area contributed by atoms with Crippen molar-refractivity contribution in [3.63, 3.8) is 0 Å². The molecule has 4 rings (SSSR count). The summed E-state index contributed by atoms with van der Waals surface area (Å²) >= 11 is 0. The molecule has 0 bridgehead atoms. The van der Waals surface area contributed by atoms with Crippen molar-refractivity contribution < 1.29 is 49.4 Å². The number of imidazole rings is 1. The molecule has 1 fully saturated rings. The third kappa shape index (κ3) is 8.32. The minimum absolute atomic E-state index is 0.00696. The van der Waals surface area contributed by atoms with Gasteiger partial charge >= 0.3 is 12.4 Å². The minimum Gasteiger partial charge on any atom is -0.471 e. The first-order valence-electron chi connectivity index (χ1n) is 13.2. The summed E-state index contributed by atoms with van der Waals surface area (Å²) < 4.78 is 111. The average molecular weight is 622 g/mol. The number of carbonyl (C=O) groups excluding carboxylic acids is 2. The molecular weight excluding hydrogens is 594 g/mol. The quantitative estimate of drug-likeness (QED) is 0.266. The van der Waals surface area contributed by atoms with Crippen molar-refractivity contribution in [1.82, 2.24) is 25.6 Å². The first kappa shape index (κ1) is 31.9. The molecule has 2 amide bonds. The number of halogens is 8. The number of alkyl halides is 8. The summed E-state index contributed by atoms with van der Waals surface area (Å²) in [5.74, 6) is -3.18. The van der Waals surface area contributed by atoms with Crippen molar-refractivity contribution in [2.45, 2.75) is 70.4 Å². The number of hydrogen-bond donors (Lipinski definition) is 3. The van der Waals surface area contributed by atoms with Crippen molar-refractivity contribution in [3.8, 4) is 5.88 Å². The zero-order valence-corrected chi connectivity index (χ0v) is 22.6. The molecule has 16 heteroatoms. The van der Waals surface area contributed by atoms with Crippen LogP contribution < -0.4 is 15.4 Å². The van der Waals surface area contributed by atoms with Crippen molar-refractivity contribution in [2.75, 3.05) is 6.61 Å². The number of nitrogens with zero attached hydrogens (tertiary/aromatic N) is 2. The molecule has 1 aromatic carbocycles. The Kier molecular flexibility index (Phi) is 9.44. The first-order valence-corrected chi connectivity index (χ1v) is 13.2. The van der Waals surface area contributed by atoms with E-state index in [4.69, 9.17) is 4.74 Å². The molecule has 1 aliphatic rings. The molecule has 0 radical (unpaired) electrons. The van der Waals surface area contributed by atoms with Crippen LogP contribution in [0.25, 0.3) is 11.2 Å². The van der Waals surface area contributed by atoms with Crippen LogP contribution in [0.4, 0.5) is 35.1 Å². The van der Waals surface area contributed by atoms with Gasteiger partial charge in [-0.2, -0.15) is 31.3 Å². The maximum absolute atomic E-state index is 13.7. The van der Waals surface area contributed by atoms with Crippen LogP contribution in [0.15, 0.2) is 24.3 Å². The third-order valence-corrected chi connectivity index (χ3v) is 6.98. The van der Waals surface area contributed by atoms with Gasteiger partial charge in [-0.3, -0.25) is 9.59 Å². The van der Waals surface area contributed by atoms with Gasteiger partial charge in [0.1, 0.15) is 11.4 Å². The van der Waals surface area contributed by atoms with Gasteiger partial charge in [0.05, 0.1) is 17.0 Å². The van der Waals surface area contributed by atoms with Crippen LogP contribution in [-0.4, -0.2) is 52.0 Å². The molecule has 1 saturated carbocycles. The Morgan fingerprint density at radius 2 is 1.74 bits per heavy atom. The van der Waals surface area contributed by atoms with E-state index >= 15 is 0 Å². The summed E-state index contributed by atoms with van der Waals surface area (Å²) in [6.07, 6.45) is -12.6. The van der Waals surface area contributed by atoms with Crippen LogP contribution >= 0.6 is 0 Å². The number of amides is 2. The van der Waals surface area contributed by atoms with E-state index in [2.05, 4.69) is 25.6 Å². The zero-order chi connectivity index (χ0) is 31.5. The van der Waals surface area contributed by atoms with Crippen molar-refractivity contribution in [2.24, 2.45) is 5.92 Å². The Morgan fingerprint density at radius 3 is 2.35 bits per heavy atom. The minimum atomic E-state index is -4.70. The largest absolute Gasteiger partial charge is 0.471 e. The second-order valence-electron chi connectivity index (χ2n) is 10.2. The topological polar surface area (TPSA) is 109 Å². The normalized spacial score (nSPS) is 17.7. The van der Waals surface area contributed by atoms with Gasteiger partial charge in [-0.05, 0) is 48.9 Å². The van der Waals surface area contributed by atoms with Crippen LogP contribution in [-0.2, 0) is 23.9 Å². The van der Waals surface area contributed by atoms with Crippen LogP contribution in [0.1, 0.15) is 65.5 Å². The molecule has 43 heavy (non-hydrogen) atoms. The Bertz CT molecular complexity index is 1460. The number of hydrogen-bond acceptors (Lipinski definition) is 5. The lowest BCUT2D eigenvalue weighted by atomic mass is 9.85. The molecule has 234 valence electrons.